The van der Waals surface area contributed by atoms with Gasteiger partial charge >= 0.3 is 0 Å². The minimum absolute atomic E-state index is 0.0346. The molecule has 23 heavy (non-hydrogen) atoms. The average Bonchev–Trinajstić information content (AvgIpc) is 2.71. The third-order valence-electron chi connectivity index (χ3n) is 3.72. The second-order valence-corrected chi connectivity index (χ2v) is 10.7. The quantitative estimate of drug-likeness (QED) is 0.828. The Morgan fingerprint density at radius 2 is 1.91 bits per heavy atom. The Labute approximate surface area is 141 Å². The van der Waals surface area contributed by atoms with Crippen LogP contribution in [0.25, 0.3) is 0 Å². The molecule has 1 fully saturated rings. The Hall–Kier alpha value is -1.12. The average molecular weight is 380 g/mol. The maximum atomic E-state index is 12.1. The molecule has 0 aliphatic carbocycles. The SMILES string of the molecule is C[C@]1(NC(=O)CCS(=O)(=O)c2ccc(Cl)cc2)CCS(=O)(=O)C1. The van der Waals surface area contributed by atoms with E-state index in [1.165, 1.54) is 24.3 Å². The topological polar surface area (TPSA) is 97.4 Å². The van der Waals surface area contributed by atoms with Crippen LogP contribution in [-0.4, -0.2) is 45.5 Å². The monoisotopic (exact) mass is 379 g/mol. The largest absolute Gasteiger partial charge is 0.350 e. The van der Waals surface area contributed by atoms with Gasteiger partial charge < -0.3 is 5.32 Å². The third-order valence-corrected chi connectivity index (χ3v) is 7.60. The molecule has 1 amide bonds. The predicted octanol–water partition coefficient (Wildman–Crippen LogP) is 1.20. The summed E-state index contributed by atoms with van der Waals surface area (Å²) < 4.78 is 47.3. The summed E-state index contributed by atoms with van der Waals surface area (Å²) in [6, 6.07) is 5.72. The first kappa shape index (κ1) is 18.2. The lowest BCUT2D eigenvalue weighted by Gasteiger charge is -2.23. The predicted molar refractivity (Wildman–Crippen MR) is 87.9 cm³/mol. The molecule has 0 aromatic heterocycles. The molecule has 9 heteroatoms. The molecule has 0 unspecified atom stereocenters. The summed E-state index contributed by atoms with van der Waals surface area (Å²) in [5.41, 5.74) is -0.819. The first-order chi connectivity index (χ1) is 10.5. The van der Waals surface area contributed by atoms with E-state index >= 15 is 0 Å². The van der Waals surface area contributed by atoms with E-state index in [-0.39, 0.29) is 28.6 Å². The highest BCUT2D eigenvalue weighted by Crippen LogP contribution is 2.23. The number of hydrogen-bond donors (Lipinski definition) is 1. The second-order valence-electron chi connectivity index (χ2n) is 5.97. The van der Waals surface area contributed by atoms with Crippen LogP contribution in [0, 0.1) is 0 Å². The summed E-state index contributed by atoms with van der Waals surface area (Å²) in [4.78, 5) is 12.1. The van der Waals surface area contributed by atoms with Crippen molar-refractivity contribution in [1.82, 2.24) is 5.32 Å². The van der Waals surface area contributed by atoms with Crippen molar-refractivity contribution in [3.8, 4) is 0 Å². The van der Waals surface area contributed by atoms with E-state index in [9.17, 15) is 21.6 Å². The Balaban J connectivity index is 1.95. The van der Waals surface area contributed by atoms with E-state index < -0.39 is 31.1 Å². The van der Waals surface area contributed by atoms with Crippen molar-refractivity contribution >= 4 is 37.2 Å². The van der Waals surface area contributed by atoms with Crippen LogP contribution in [0.2, 0.25) is 5.02 Å². The minimum atomic E-state index is -3.59. The van der Waals surface area contributed by atoms with Crippen LogP contribution >= 0.6 is 11.6 Å². The summed E-state index contributed by atoms with van der Waals surface area (Å²) in [6.07, 6.45) is 0.117. The van der Waals surface area contributed by atoms with Gasteiger partial charge in [-0.3, -0.25) is 4.79 Å². The highest BCUT2D eigenvalue weighted by Gasteiger charge is 2.39. The molecule has 2 rings (SSSR count). The molecule has 128 valence electrons. The number of hydrogen-bond acceptors (Lipinski definition) is 5. The highest BCUT2D eigenvalue weighted by molar-refractivity contribution is 7.91. The van der Waals surface area contributed by atoms with Gasteiger partial charge in [0.2, 0.25) is 5.91 Å². The van der Waals surface area contributed by atoms with Crippen molar-refractivity contribution in [2.75, 3.05) is 17.3 Å². The molecular formula is C14H18ClNO5S2. The molecule has 0 spiro atoms. The van der Waals surface area contributed by atoms with E-state index in [4.69, 9.17) is 11.6 Å². The number of benzene rings is 1. The number of amides is 1. The second kappa shape index (κ2) is 6.41. The fraction of sp³-hybridized carbons (Fsp3) is 0.500. The zero-order chi connectivity index (χ0) is 17.3. The summed E-state index contributed by atoms with van der Waals surface area (Å²) in [5.74, 6) is -0.895. The Bertz CT molecular complexity index is 802. The number of nitrogens with one attached hydrogen (secondary N) is 1. The van der Waals surface area contributed by atoms with Gasteiger partial charge in [0.05, 0.1) is 27.7 Å². The minimum Gasteiger partial charge on any atom is -0.350 e. The maximum absolute atomic E-state index is 12.1. The zero-order valence-electron chi connectivity index (χ0n) is 12.6. The van der Waals surface area contributed by atoms with Gasteiger partial charge in [-0.1, -0.05) is 11.6 Å². The first-order valence-electron chi connectivity index (χ1n) is 7.01. The fourth-order valence-electron chi connectivity index (χ4n) is 2.49. The van der Waals surface area contributed by atoms with Gasteiger partial charge in [-0.15, -0.1) is 0 Å². The van der Waals surface area contributed by atoms with Crippen LogP contribution in [0.3, 0.4) is 0 Å². The maximum Gasteiger partial charge on any atom is 0.221 e. The number of sulfone groups is 2. The Morgan fingerprint density at radius 1 is 1.30 bits per heavy atom. The smallest absolute Gasteiger partial charge is 0.221 e. The molecule has 0 radical (unpaired) electrons. The third kappa shape index (κ3) is 4.92. The summed E-state index contributed by atoms with van der Waals surface area (Å²) >= 11 is 5.71. The van der Waals surface area contributed by atoms with Crippen molar-refractivity contribution < 1.29 is 21.6 Å². The Kier molecular flexibility index (Phi) is 5.08. The number of carbonyl (C=O) groups excluding carboxylic acids is 1. The van der Waals surface area contributed by atoms with E-state index in [1.807, 2.05) is 0 Å². The molecule has 1 atom stereocenters. The van der Waals surface area contributed by atoms with Crippen molar-refractivity contribution in [3.63, 3.8) is 0 Å². The van der Waals surface area contributed by atoms with Gasteiger partial charge in [-0.25, -0.2) is 16.8 Å². The van der Waals surface area contributed by atoms with E-state index in [1.54, 1.807) is 6.92 Å². The van der Waals surface area contributed by atoms with Gasteiger partial charge in [0.25, 0.3) is 0 Å². The van der Waals surface area contributed by atoms with Gasteiger partial charge in [0, 0.05) is 11.4 Å². The number of carbonyl (C=O) groups is 1. The molecule has 1 aromatic rings. The van der Waals surface area contributed by atoms with Crippen LogP contribution in [0.4, 0.5) is 0 Å². The molecule has 1 saturated heterocycles. The fourth-order valence-corrected chi connectivity index (χ4v) is 5.95. The van der Waals surface area contributed by atoms with Crippen molar-refractivity contribution in [2.45, 2.75) is 30.2 Å². The van der Waals surface area contributed by atoms with E-state index in [0.717, 1.165) is 0 Å². The normalized spacial score (nSPS) is 23.6. The molecule has 1 N–H and O–H groups in total. The molecule has 6 nitrogen and oxygen atoms in total. The molecule has 0 bridgehead atoms. The van der Waals surface area contributed by atoms with Crippen molar-refractivity contribution in [3.05, 3.63) is 29.3 Å². The van der Waals surface area contributed by atoms with Crippen LogP contribution < -0.4 is 5.32 Å². The molecule has 1 aliphatic heterocycles. The van der Waals surface area contributed by atoms with Crippen LogP contribution in [0.5, 0.6) is 0 Å². The molecule has 1 heterocycles. The summed E-state index contributed by atoms with van der Waals surface area (Å²) in [7, 11) is -6.72. The lowest BCUT2D eigenvalue weighted by atomic mass is 10.0. The molecule has 1 aromatic carbocycles. The molecule has 1 aliphatic rings. The van der Waals surface area contributed by atoms with Gasteiger partial charge in [-0.05, 0) is 37.6 Å². The summed E-state index contributed by atoms with van der Waals surface area (Å²) in [6.45, 7) is 1.66. The lowest BCUT2D eigenvalue weighted by molar-refractivity contribution is -0.122. The van der Waals surface area contributed by atoms with Crippen LogP contribution in [0.1, 0.15) is 19.8 Å². The molecule has 0 saturated carbocycles. The van der Waals surface area contributed by atoms with Crippen LogP contribution in [-0.2, 0) is 24.5 Å². The summed E-state index contributed by atoms with van der Waals surface area (Å²) in [5, 5.41) is 3.07. The van der Waals surface area contributed by atoms with Crippen molar-refractivity contribution in [1.29, 1.82) is 0 Å². The van der Waals surface area contributed by atoms with Crippen molar-refractivity contribution in [2.24, 2.45) is 0 Å². The standard InChI is InChI=1S/C14H18ClNO5S2/c1-14(7-9-22(18,19)10-14)16-13(17)6-8-23(20,21)12-4-2-11(15)3-5-12/h2-5H,6-10H2,1H3,(H,16,17)/t14-/m0/s1. The highest BCUT2D eigenvalue weighted by atomic mass is 35.5. The zero-order valence-corrected chi connectivity index (χ0v) is 15.0. The Morgan fingerprint density at radius 3 is 2.43 bits per heavy atom. The van der Waals surface area contributed by atoms with Crippen LogP contribution in [0.15, 0.2) is 29.2 Å². The lowest BCUT2D eigenvalue weighted by Crippen LogP contribution is -2.47. The van der Waals surface area contributed by atoms with E-state index in [0.29, 0.717) is 11.4 Å². The van der Waals surface area contributed by atoms with E-state index in [2.05, 4.69) is 5.32 Å². The van der Waals surface area contributed by atoms with Gasteiger partial charge in [0.15, 0.2) is 19.7 Å². The first-order valence-corrected chi connectivity index (χ1v) is 10.9. The van der Waals surface area contributed by atoms with Gasteiger partial charge in [-0.2, -0.15) is 0 Å². The number of halogens is 1. The molecular weight excluding hydrogens is 362 g/mol. The van der Waals surface area contributed by atoms with Gasteiger partial charge in [0.1, 0.15) is 0 Å². The number of rotatable bonds is 5.